The zero-order valence-corrected chi connectivity index (χ0v) is 14.8. The fraction of sp³-hybridized carbons (Fsp3) is 0.684. The maximum Gasteiger partial charge on any atom is 0.0110 e. The third-order valence-corrected chi connectivity index (χ3v) is 5.79. The molecule has 0 amide bonds. The summed E-state index contributed by atoms with van der Waals surface area (Å²) < 4.78 is 0. The van der Waals surface area contributed by atoms with Crippen LogP contribution in [0.25, 0.3) is 0 Å². The first-order valence-corrected chi connectivity index (χ1v) is 9.72. The van der Waals surface area contributed by atoms with Crippen LogP contribution in [-0.4, -0.2) is 24.1 Å². The molecule has 0 aromatic heterocycles. The van der Waals surface area contributed by atoms with Gasteiger partial charge in [-0.15, -0.1) is 0 Å². The van der Waals surface area contributed by atoms with E-state index < -0.39 is 0 Å². The van der Waals surface area contributed by atoms with Crippen molar-refractivity contribution in [3.63, 3.8) is 0 Å². The van der Waals surface area contributed by atoms with Gasteiger partial charge in [0.25, 0.3) is 0 Å². The summed E-state index contributed by atoms with van der Waals surface area (Å²) in [4.78, 5) is 0. The van der Waals surface area contributed by atoms with Gasteiger partial charge in [-0.25, -0.2) is 0 Å². The number of thioether (sulfide) groups is 1. The lowest BCUT2D eigenvalue weighted by molar-refractivity contribution is 0.362. The first-order valence-electron chi connectivity index (χ1n) is 8.57. The van der Waals surface area contributed by atoms with Crippen LogP contribution in [0, 0.1) is 19.8 Å². The molecule has 1 heterocycles. The summed E-state index contributed by atoms with van der Waals surface area (Å²) in [7, 11) is 0. The van der Waals surface area contributed by atoms with Crippen molar-refractivity contribution < 1.29 is 0 Å². The van der Waals surface area contributed by atoms with E-state index in [1.165, 1.54) is 54.7 Å². The predicted octanol–water partition coefficient (Wildman–Crippen LogP) is 4.75. The number of aryl methyl sites for hydroxylation is 2. The molecule has 1 nitrogen and oxygen atoms in total. The molecular formula is C19H31NS. The Kier molecular flexibility index (Phi) is 7.12. The van der Waals surface area contributed by atoms with Crippen molar-refractivity contribution in [1.82, 2.24) is 5.32 Å². The van der Waals surface area contributed by atoms with Crippen molar-refractivity contribution in [2.24, 2.45) is 5.92 Å². The van der Waals surface area contributed by atoms with Gasteiger partial charge in [-0.1, -0.05) is 25.1 Å². The Labute approximate surface area is 135 Å². The van der Waals surface area contributed by atoms with E-state index in [0.717, 1.165) is 12.5 Å². The molecule has 0 radical (unpaired) electrons. The lowest BCUT2D eigenvalue weighted by Crippen LogP contribution is -2.35. The highest BCUT2D eigenvalue weighted by molar-refractivity contribution is 7.99. The minimum absolute atomic E-state index is 0.651. The Bertz CT molecular complexity index is 403. The molecule has 1 aromatic rings. The van der Waals surface area contributed by atoms with Crippen molar-refractivity contribution in [2.75, 3.05) is 18.1 Å². The number of nitrogens with one attached hydrogen (secondary N) is 1. The summed E-state index contributed by atoms with van der Waals surface area (Å²) in [6, 6.07) is 7.35. The van der Waals surface area contributed by atoms with Gasteiger partial charge in [-0.2, -0.15) is 11.8 Å². The molecule has 0 spiro atoms. The molecule has 0 aliphatic carbocycles. The van der Waals surface area contributed by atoms with Crippen LogP contribution in [0.15, 0.2) is 18.2 Å². The molecule has 21 heavy (non-hydrogen) atoms. The summed E-state index contributed by atoms with van der Waals surface area (Å²) in [5.41, 5.74) is 4.48. The van der Waals surface area contributed by atoms with Crippen molar-refractivity contribution in [3.8, 4) is 0 Å². The quantitative estimate of drug-likeness (QED) is 0.780. The van der Waals surface area contributed by atoms with Crippen molar-refractivity contribution in [2.45, 2.75) is 58.9 Å². The third kappa shape index (κ3) is 5.34. The van der Waals surface area contributed by atoms with E-state index in [-0.39, 0.29) is 0 Å². The molecule has 0 saturated carbocycles. The number of hydrogen-bond acceptors (Lipinski definition) is 2. The maximum atomic E-state index is 3.81. The SMILES string of the molecule is CCCNC(Cc1c(C)cccc1C)CC1CCSCC1. The van der Waals surface area contributed by atoms with Gasteiger partial charge in [0.15, 0.2) is 0 Å². The average Bonchev–Trinajstić information content (AvgIpc) is 2.49. The Balaban J connectivity index is 2.01. The summed E-state index contributed by atoms with van der Waals surface area (Å²) in [5, 5.41) is 3.81. The van der Waals surface area contributed by atoms with E-state index in [9.17, 15) is 0 Å². The molecule has 1 unspecified atom stereocenters. The molecule has 1 aromatic carbocycles. The Morgan fingerprint density at radius 1 is 1.19 bits per heavy atom. The standard InChI is InChI=1S/C19H31NS/c1-4-10-20-18(13-17-8-11-21-12-9-17)14-19-15(2)6-5-7-16(19)3/h5-7,17-18,20H,4,8-14H2,1-3H3. The third-order valence-electron chi connectivity index (χ3n) is 4.74. The molecular weight excluding hydrogens is 274 g/mol. The number of benzene rings is 1. The lowest BCUT2D eigenvalue weighted by atomic mass is 9.88. The predicted molar refractivity (Wildman–Crippen MR) is 96.4 cm³/mol. The molecule has 1 aliphatic rings. The smallest absolute Gasteiger partial charge is 0.0110 e. The normalized spacial score (nSPS) is 17.9. The van der Waals surface area contributed by atoms with Gasteiger partial charge in [-0.3, -0.25) is 0 Å². The minimum Gasteiger partial charge on any atom is -0.314 e. The monoisotopic (exact) mass is 305 g/mol. The molecule has 2 heteroatoms. The topological polar surface area (TPSA) is 12.0 Å². The minimum atomic E-state index is 0.651. The summed E-state index contributed by atoms with van der Waals surface area (Å²) in [5.74, 6) is 3.67. The van der Waals surface area contributed by atoms with Crippen molar-refractivity contribution in [1.29, 1.82) is 0 Å². The second-order valence-electron chi connectivity index (χ2n) is 6.52. The van der Waals surface area contributed by atoms with Crippen molar-refractivity contribution in [3.05, 3.63) is 34.9 Å². The molecule has 2 rings (SSSR count). The molecule has 118 valence electrons. The first-order chi connectivity index (χ1) is 10.2. The van der Waals surface area contributed by atoms with E-state index in [0.29, 0.717) is 6.04 Å². The van der Waals surface area contributed by atoms with Gasteiger partial charge in [0.05, 0.1) is 0 Å². The zero-order chi connectivity index (χ0) is 15.1. The van der Waals surface area contributed by atoms with Crippen LogP contribution in [0.5, 0.6) is 0 Å². The van der Waals surface area contributed by atoms with E-state index in [1.54, 1.807) is 5.56 Å². The van der Waals surface area contributed by atoms with Crippen molar-refractivity contribution >= 4 is 11.8 Å². The Morgan fingerprint density at radius 3 is 2.48 bits per heavy atom. The van der Waals surface area contributed by atoms with Crippen LogP contribution in [0.4, 0.5) is 0 Å². The van der Waals surface area contributed by atoms with Crippen LogP contribution in [0.3, 0.4) is 0 Å². The Morgan fingerprint density at radius 2 is 1.86 bits per heavy atom. The van der Waals surface area contributed by atoms with Crippen LogP contribution in [0.2, 0.25) is 0 Å². The highest BCUT2D eigenvalue weighted by Gasteiger charge is 2.20. The van der Waals surface area contributed by atoms with Gasteiger partial charge in [-0.05, 0) is 86.6 Å². The average molecular weight is 306 g/mol. The highest BCUT2D eigenvalue weighted by atomic mass is 32.2. The molecule has 1 atom stereocenters. The number of hydrogen-bond donors (Lipinski definition) is 1. The summed E-state index contributed by atoms with van der Waals surface area (Å²) >= 11 is 2.13. The molecule has 1 N–H and O–H groups in total. The van der Waals surface area contributed by atoms with Crippen LogP contribution < -0.4 is 5.32 Å². The fourth-order valence-corrected chi connectivity index (χ4v) is 4.59. The molecule has 0 bridgehead atoms. The lowest BCUT2D eigenvalue weighted by Gasteiger charge is -2.28. The number of rotatable bonds is 7. The van der Waals surface area contributed by atoms with Gasteiger partial charge in [0, 0.05) is 6.04 Å². The molecule has 1 saturated heterocycles. The van der Waals surface area contributed by atoms with E-state index in [4.69, 9.17) is 0 Å². The van der Waals surface area contributed by atoms with Gasteiger partial charge in [0.2, 0.25) is 0 Å². The first kappa shape index (κ1) is 16.9. The second-order valence-corrected chi connectivity index (χ2v) is 7.74. The van der Waals surface area contributed by atoms with Gasteiger partial charge < -0.3 is 5.32 Å². The summed E-state index contributed by atoms with van der Waals surface area (Å²) in [6.45, 7) is 7.93. The van der Waals surface area contributed by atoms with Crippen LogP contribution in [-0.2, 0) is 6.42 Å². The van der Waals surface area contributed by atoms with Crippen LogP contribution in [0.1, 0.15) is 49.3 Å². The van der Waals surface area contributed by atoms with Gasteiger partial charge >= 0.3 is 0 Å². The largest absolute Gasteiger partial charge is 0.314 e. The zero-order valence-electron chi connectivity index (χ0n) is 14.0. The Hall–Kier alpha value is -0.470. The van der Waals surface area contributed by atoms with E-state index in [1.807, 2.05) is 0 Å². The van der Waals surface area contributed by atoms with Gasteiger partial charge in [0.1, 0.15) is 0 Å². The second kappa shape index (κ2) is 8.85. The van der Waals surface area contributed by atoms with E-state index >= 15 is 0 Å². The van der Waals surface area contributed by atoms with Crippen LogP contribution >= 0.6 is 11.8 Å². The molecule has 1 fully saturated rings. The van der Waals surface area contributed by atoms with E-state index in [2.05, 4.69) is 56.0 Å². The summed E-state index contributed by atoms with van der Waals surface area (Å²) in [6.07, 6.45) is 6.61. The maximum absolute atomic E-state index is 3.81. The highest BCUT2D eigenvalue weighted by Crippen LogP contribution is 2.28. The molecule has 1 aliphatic heterocycles. The fourth-order valence-electron chi connectivity index (χ4n) is 3.39.